The number of imidazole rings is 1. The first kappa shape index (κ1) is 14.7. The minimum Gasteiger partial charge on any atom is -0.390 e. The lowest BCUT2D eigenvalue weighted by Crippen LogP contribution is -2.22. The summed E-state index contributed by atoms with van der Waals surface area (Å²) in [7, 11) is 0. The molecule has 21 heavy (non-hydrogen) atoms. The summed E-state index contributed by atoms with van der Waals surface area (Å²) in [6.45, 7) is 3.69. The lowest BCUT2D eigenvalue weighted by molar-refractivity contribution is 0.107. The monoisotopic (exact) mass is 302 g/mol. The van der Waals surface area contributed by atoms with Crippen LogP contribution in [-0.2, 0) is 12.8 Å². The molecule has 0 saturated heterocycles. The second-order valence-corrected chi connectivity index (χ2v) is 7.21. The molecule has 0 unspecified atom stereocenters. The molecule has 2 aromatic rings. The quantitative estimate of drug-likeness (QED) is 0.877. The fraction of sp³-hybridized carbons (Fsp3) is 0.471. The molecular formula is C17H22N2OS. The average Bonchev–Trinajstić information content (AvgIpc) is 2.84. The van der Waals surface area contributed by atoms with E-state index in [4.69, 9.17) is 4.98 Å². The Kier molecular flexibility index (Phi) is 4.09. The summed E-state index contributed by atoms with van der Waals surface area (Å²) < 4.78 is 2.28. The van der Waals surface area contributed by atoms with Crippen LogP contribution < -0.4 is 0 Å². The Morgan fingerprint density at radius 3 is 2.62 bits per heavy atom. The summed E-state index contributed by atoms with van der Waals surface area (Å²) in [6.07, 6.45) is 4.64. The summed E-state index contributed by atoms with van der Waals surface area (Å²) in [5.74, 6) is 0.649. The molecule has 1 aliphatic rings. The van der Waals surface area contributed by atoms with Crippen LogP contribution in [0.1, 0.15) is 38.1 Å². The predicted octanol–water partition coefficient (Wildman–Crippen LogP) is 3.61. The molecule has 1 aromatic carbocycles. The molecule has 3 nitrogen and oxygen atoms in total. The van der Waals surface area contributed by atoms with Crippen LogP contribution in [-0.4, -0.2) is 26.0 Å². The van der Waals surface area contributed by atoms with Crippen LogP contribution in [0.25, 0.3) is 5.69 Å². The molecule has 1 aliphatic carbocycles. The number of aromatic nitrogens is 2. The molecule has 0 atom stereocenters. The lowest BCUT2D eigenvalue weighted by atomic mass is 10.0. The normalized spacial score (nSPS) is 15.0. The summed E-state index contributed by atoms with van der Waals surface area (Å²) in [6, 6.07) is 10.4. The molecule has 0 amide bonds. The number of para-hydroxylation sites is 1. The highest BCUT2D eigenvalue weighted by molar-refractivity contribution is 7.99. The topological polar surface area (TPSA) is 38.1 Å². The summed E-state index contributed by atoms with van der Waals surface area (Å²) in [5, 5.41) is 11.0. The van der Waals surface area contributed by atoms with Crippen LogP contribution in [0.5, 0.6) is 0 Å². The molecule has 1 heterocycles. The van der Waals surface area contributed by atoms with Crippen molar-refractivity contribution in [2.45, 2.75) is 50.3 Å². The van der Waals surface area contributed by atoms with Gasteiger partial charge in [0.1, 0.15) is 0 Å². The van der Waals surface area contributed by atoms with Gasteiger partial charge in [0.25, 0.3) is 0 Å². The van der Waals surface area contributed by atoms with Crippen LogP contribution >= 0.6 is 11.8 Å². The first-order valence-electron chi connectivity index (χ1n) is 7.56. The van der Waals surface area contributed by atoms with Gasteiger partial charge in [-0.05, 0) is 51.7 Å². The van der Waals surface area contributed by atoms with E-state index in [1.165, 1.54) is 29.9 Å². The summed E-state index contributed by atoms with van der Waals surface area (Å²) >= 11 is 1.64. The Hall–Kier alpha value is -1.26. The number of benzene rings is 1. The first-order valence-corrected chi connectivity index (χ1v) is 8.54. The summed E-state index contributed by atoms with van der Waals surface area (Å²) in [4.78, 5) is 4.84. The van der Waals surface area contributed by atoms with Crippen molar-refractivity contribution >= 4 is 11.8 Å². The Morgan fingerprint density at radius 1 is 1.19 bits per heavy atom. The molecule has 1 N–H and O–H groups in total. The fourth-order valence-corrected chi connectivity index (χ4v) is 3.70. The van der Waals surface area contributed by atoms with E-state index < -0.39 is 5.60 Å². The Morgan fingerprint density at radius 2 is 1.90 bits per heavy atom. The SMILES string of the molecule is CC(C)(O)CSc1nc2c(n1-c1ccccc1)CCCC2. The number of aryl methyl sites for hydroxylation is 1. The van der Waals surface area contributed by atoms with Crippen molar-refractivity contribution in [1.82, 2.24) is 9.55 Å². The number of hydrogen-bond acceptors (Lipinski definition) is 3. The Balaban J connectivity index is 2.00. The second kappa shape index (κ2) is 5.85. The molecule has 112 valence electrons. The predicted molar refractivity (Wildman–Crippen MR) is 87.2 cm³/mol. The largest absolute Gasteiger partial charge is 0.390 e. The van der Waals surface area contributed by atoms with Crippen molar-refractivity contribution in [2.24, 2.45) is 0 Å². The van der Waals surface area contributed by atoms with Crippen molar-refractivity contribution in [3.05, 3.63) is 41.7 Å². The van der Waals surface area contributed by atoms with Gasteiger partial charge >= 0.3 is 0 Å². The number of nitrogens with zero attached hydrogens (tertiary/aromatic N) is 2. The van der Waals surface area contributed by atoms with E-state index in [0.717, 1.165) is 18.0 Å². The molecule has 0 aliphatic heterocycles. The number of rotatable bonds is 4. The van der Waals surface area contributed by atoms with Gasteiger partial charge in [-0.1, -0.05) is 30.0 Å². The van der Waals surface area contributed by atoms with Crippen molar-refractivity contribution < 1.29 is 5.11 Å². The van der Waals surface area contributed by atoms with Crippen molar-refractivity contribution in [2.75, 3.05) is 5.75 Å². The van der Waals surface area contributed by atoms with Gasteiger partial charge in [0.05, 0.1) is 11.3 Å². The van der Waals surface area contributed by atoms with E-state index in [-0.39, 0.29) is 0 Å². The van der Waals surface area contributed by atoms with Crippen LogP contribution in [0, 0.1) is 0 Å². The number of aliphatic hydroxyl groups is 1. The van der Waals surface area contributed by atoms with Gasteiger partial charge in [0, 0.05) is 17.1 Å². The van der Waals surface area contributed by atoms with Crippen LogP contribution in [0.2, 0.25) is 0 Å². The fourth-order valence-electron chi connectivity index (χ4n) is 2.70. The maximum Gasteiger partial charge on any atom is 0.173 e. The average molecular weight is 302 g/mol. The van der Waals surface area contributed by atoms with E-state index in [1.54, 1.807) is 11.8 Å². The third-order valence-corrected chi connectivity index (χ3v) is 5.05. The zero-order valence-corrected chi connectivity index (χ0v) is 13.5. The Labute approximate surface area is 130 Å². The standard InChI is InChI=1S/C17H22N2OS/c1-17(2,20)12-21-16-18-14-10-6-7-11-15(14)19(16)13-8-4-3-5-9-13/h3-5,8-9,20H,6-7,10-12H2,1-2H3. The van der Waals surface area contributed by atoms with E-state index in [1.807, 2.05) is 19.9 Å². The molecule has 0 radical (unpaired) electrons. The molecule has 4 heteroatoms. The van der Waals surface area contributed by atoms with Crippen molar-refractivity contribution in [3.8, 4) is 5.69 Å². The van der Waals surface area contributed by atoms with Gasteiger partial charge < -0.3 is 5.11 Å². The van der Waals surface area contributed by atoms with Gasteiger partial charge in [-0.2, -0.15) is 0 Å². The molecular weight excluding hydrogens is 280 g/mol. The van der Waals surface area contributed by atoms with Gasteiger partial charge in [0.2, 0.25) is 0 Å². The molecule has 0 saturated carbocycles. The van der Waals surface area contributed by atoms with Gasteiger partial charge in [-0.3, -0.25) is 4.57 Å². The maximum absolute atomic E-state index is 9.99. The summed E-state index contributed by atoms with van der Waals surface area (Å²) in [5.41, 5.74) is 3.08. The number of thioether (sulfide) groups is 1. The number of fused-ring (bicyclic) bond motifs is 1. The van der Waals surface area contributed by atoms with Crippen LogP contribution in [0.3, 0.4) is 0 Å². The minimum atomic E-state index is -0.682. The molecule has 3 rings (SSSR count). The second-order valence-electron chi connectivity index (χ2n) is 6.27. The molecule has 0 fully saturated rings. The van der Waals surface area contributed by atoms with E-state index in [0.29, 0.717) is 5.75 Å². The molecule has 0 bridgehead atoms. The smallest absolute Gasteiger partial charge is 0.173 e. The third-order valence-electron chi connectivity index (χ3n) is 3.67. The van der Waals surface area contributed by atoms with E-state index >= 15 is 0 Å². The highest BCUT2D eigenvalue weighted by Gasteiger charge is 2.23. The minimum absolute atomic E-state index is 0.649. The first-order chi connectivity index (χ1) is 10.0. The van der Waals surface area contributed by atoms with Crippen LogP contribution in [0.15, 0.2) is 35.5 Å². The highest BCUT2D eigenvalue weighted by Crippen LogP contribution is 2.31. The van der Waals surface area contributed by atoms with Crippen molar-refractivity contribution in [1.29, 1.82) is 0 Å². The third kappa shape index (κ3) is 3.33. The van der Waals surface area contributed by atoms with Crippen LogP contribution in [0.4, 0.5) is 0 Å². The van der Waals surface area contributed by atoms with Gasteiger partial charge in [-0.15, -0.1) is 0 Å². The van der Waals surface area contributed by atoms with Crippen molar-refractivity contribution in [3.63, 3.8) is 0 Å². The Bertz CT molecular complexity index is 614. The van der Waals surface area contributed by atoms with E-state index in [2.05, 4.69) is 28.8 Å². The zero-order chi connectivity index (χ0) is 14.9. The lowest BCUT2D eigenvalue weighted by Gasteiger charge is -2.18. The highest BCUT2D eigenvalue weighted by atomic mass is 32.2. The van der Waals surface area contributed by atoms with Gasteiger partial charge in [0.15, 0.2) is 5.16 Å². The zero-order valence-electron chi connectivity index (χ0n) is 12.7. The van der Waals surface area contributed by atoms with E-state index in [9.17, 15) is 5.11 Å². The molecule has 1 aromatic heterocycles. The molecule has 0 spiro atoms. The number of hydrogen-bond donors (Lipinski definition) is 1. The van der Waals surface area contributed by atoms with Gasteiger partial charge in [-0.25, -0.2) is 4.98 Å². The maximum atomic E-state index is 9.99.